The molecule has 1 amide bonds. The molecule has 0 saturated carbocycles. The van der Waals surface area contributed by atoms with E-state index in [2.05, 4.69) is 47.2 Å². The van der Waals surface area contributed by atoms with Gasteiger partial charge in [-0.25, -0.2) is 0 Å². The van der Waals surface area contributed by atoms with Crippen LogP contribution in [-0.4, -0.2) is 34.3 Å². The molecule has 1 aliphatic rings. The maximum absolute atomic E-state index is 12.1. The number of amides is 1. The molecule has 1 fully saturated rings. The van der Waals surface area contributed by atoms with E-state index in [9.17, 15) is 4.79 Å². The van der Waals surface area contributed by atoms with Gasteiger partial charge in [-0.1, -0.05) is 18.2 Å². The molecule has 0 spiro atoms. The lowest BCUT2D eigenvalue weighted by Crippen LogP contribution is -2.32. The number of para-hydroxylation sites is 1. The van der Waals surface area contributed by atoms with E-state index in [1.807, 2.05) is 23.0 Å². The smallest absolute Gasteiger partial charge is 0.220 e. The fraction of sp³-hybridized carbons (Fsp3) is 0.529. The van der Waals surface area contributed by atoms with Crippen molar-refractivity contribution in [2.75, 3.05) is 6.54 Å². The van der Waals surface area contributed by atoms with Crippen LogP contribution in [0.4, 0.5) is 0 Å². The van der Waals surface area contributed by atoms with Crippen molar-refractivity contribution in [1.29, 1.82) is 0 Å². The fourth-order valence-corrected chi connectivity index (χ4v) is 3.21. The summed E-state index contributed by atoms with van der Waals surface area (Å²) in [6.07, 6.45) is 3.33. The molecule has 3 N–H and O–H groups in total. The maximum Gasteiger partial charge on any atom is 0.220 e. The molecule has 2 heterocycles. The highest BCUT2D eigenvalue weighted by Crippen LogP contribution is 2.18. The van der Waals surface area contributed by atoms with Gasteiger partial charge >= 0.3 is 0 Å². The molecule has 6 heteroatoms. The lowest BCUT2D eigenvalue weighted by atomic mass is 9.93. The number of nitrogens with one attached hydrogen (secondary N) is 3. The molecule has 0 bridgehead atoms. The van der Waals surface area contributed by atoms with Crippen molar-refractivity contribution in [3.63, 3.8) is 0 Å². The van der Waals surface area contributed by atoms with Gasteiger partial charge in [0.05, 0.1) is 11.7 Å². The first kappa shape index (κ1) is 16.0. The van der Waals surface area contributed by atoms with E-state index in [4.69, 9.17) is 0 Å². The van der Waals surface area contributed by atoms with Crippen molar-refractivity contribution >= 4 is 16.8 Å². The summed E-state index contributed by atoms with van der Waals surface area (Å²) in [7, 11) is 0. The van der Waals surface area contributed by atoms with Gasteiger partial charge in [0, 0.05) is 42.9 Å². The molecular weight excluding hydrogens is 290 g/mol. The van der Waals surface area contributed by atoms with Gasteiger partial charge in [0.2, 0.25) is 5.91 Å². The van der Waals surface area contributed by atoms with E-state index < -0.39 is 0 Å². The summed E-state index contributed by atoms with van der Waals surface area (Å²) in [6, 6.07) is 8.82. The van der Waals surface area contributed by atoms with Crippen molar-refractivity contribution in [1.82, 2.24) is 25.9 Å². The van der Waals surface area contributed by atoms with Crippen molar-refractivity contribution in [3.8, 4) is 0 Å². The number of rotatable bonds is 6. The number of aryl methyl sites for hydroxylation is 1. The number of benzene rings is 1. The summed E-state index contributed by atoms with van der Waals surface area (Å²) < 4.78 is 2.00. The summed E-state index contributed by atoms with van der Waals surface area (Å²) in [6.45, 7) is 5.71. The molecule has 1 aliphatic heterocycles. The van der Waals surface area contributed by atoms with Gasteiger partial charge in [0.15, 0.2) is 0 Å². The maximum atomic E-state index is 12.1. The normalized spacial score (nSPS) is 24.2. The summed E-state index contributed by atoms with van der Waals surface area (Å²) in [5.41, 5.74) is 7.51. The first-order valence-electron chi connectivity index (χ1n) is 8.33. The van der Waals surface area contributed by atoms with Crippen LogP contribution in [0, 0.1) is 5.92 Å². The third kappa shape index (κ3) is 3.71. The number of fused-ring (bicyclic) bond motifs is 1. The first-order valence-corrected chi connectivity index (χ1v) is 8.33. The van der Waals surface area contributed by atoms with Crippen LogP contribution in [0.3, 0.4) is 0 Å². The van der Waals surface area contributed by atoms with Crippen LogP contribution in [0.1, 0.15) is 26.7 Å². The van der Waals surface area contributed by atoms with Gasteiger partial charge in [0.25, 0.3) is 0 Å². The van der Waals surface area contributed by atoms with E-state index >= 15 is 0 Å². The van der Waals surface area contributed by atoms with Gasteiger partial charge in [-0.2, -0.15) is 5.10 Å². The molecule has 23 heavy (non-hydrogen) atoms. The van der Waals surface area contributed by atoms with Crippen LogP contribution in [-0.2, 0) is 11.3 Å². The van der Waals surface area contributed by atoms with Gasteiger partial charge in [-0.15, -0.1) is 0 Å². The van der Waals surface area contributed by atoms with Crippen LogP contribution in [0.15, 0.2) is 30.5 Å². The number of carbonyl (C=O) groups excluding carboxylic acids is 1. The van der Waals surface area contributed by atoms with E-state index in [1.165, 1.54) is 0 Å². The molecular formula is C17H25N5O. The predicted octanol–water partition coefficient (Wildman–Crippen LogP) is 1.43. The molecule has 0 aliphatic carbocycles. The van der Waals surface area contributed by atoms with Gasteiger partial charge in [-0.3, -0.25) is 20.3 Å². The highest BCUT2D eigenvalue weighted by molar-refractivity contribution is 5.78. The Labute approximate surface area is 136 Å². The van der Waals surface area contributed by atoms with E-state index in [0.29, 0.717) is 31.0 Å². The average molecular weight is 315 g/mol. The number of hydrazine groups is 1. The third-order valence-corrected chi connectivity index (χ3v) is 4.66. The van der Waals surface area contributed by atoms with Crippen molar-refractivity contribution in [2.24, 2.45) is 5.92 Å². The Kier molecular flexibility index (Phi) is 4.93. The quantitative estimate of drug-likeness (QED) is 0.705. The number of hydrogen-bond donors (Lipinski definition) is 3. The molecule has 124 valence electrons. The number of nitrogens with zero attached hydrogens (tertiary/aromatic N) is 2. The largest absolute Gasteiger partial charge is 0.356 e. The Balaban J connectivity index is 1.42. The summed E-state index contributed by atoms with van der Waals surface area (Å²) in [5, 5.41) is 8.58. The Bertz CT molecular complexity index is 658. The summed E-state index contributed by atoms with van der Waals surface area (Å²) in [4.78, 5) is 12.1. The third-order valence-electron chi connectivity index (χ3n) is 4.66. The standard InChI is InChI=1S/C17H25N5O/c1-12-15(13(2)21-20-12)10-17(23)18-8-5-9-22-16-7-4-3-6-14(16)11-19-22/h3-4,6-7,11-13,15,20-21H,5,8-10H2,1-2H3,(H,18,23). The van der Waals surface area contributed by atoms with Gasteiger partial charge in [-0.05, 0) is 26.3 Å². The average Bonchev–Trinajstić information content (AvgIpc) is 3.10. The number of carbonyl (C=O) groups is 1. The molecule has 3 rings (SSSR count). The van der Waals surface area contributed by atoms with Gasteiger partial charge in [0.1, 0.15) is 0 Å². The van der Waals surface area contributed by atoms with Crippen LogP contribution in [0.25, 0.3) is 10.9 Å². The monoisotopic (exact) mass is 315 g/mol. The number of aromatic nitrogens is 2. The fourth-order valence-electron chi connectivity index (χ4n) is 3.21. The second-order valence-corrected chi connectivity index (χ2v) is 6.36. The second-order valence-electron chi connectivity index (χ2n) is 6.36. The highest BCUT2D eigenvalue weighted by atomic mass is 16.1. The number of hydrogen-bond acceptors (Lipinski definition) is 4. The summed E-state index contributed by atoms with van der Waals surface area (Å²) >= 11 is 0. The van der Waals surface area contributed by atoms with Crippen LogP contribution in [0.5, 0.6) is 0 Å². The van der Waals surface area contributed by atoms with Crippen molar-refractivity contribution < 1.29 is 4.79 Å². The lowest BCUT2D eigenvalue weighted by molar-refractivity contribution is -0.122. The van der Waals surface area contributed by atoms with Crippen molar-refractivity contribution in [2.45, 2.75) is 45.3 Å². The molecule has 6 nitrogen and oxygen atoms in total. The van der Waals surface area contributed by atoms with Crippen LogP contribution >= 0.6 is 0 Å². The molecule has 1 saturated heterocycles. The molecule has 1 aromatic carbocycles. The van der Waals surface area contributed by atoms with Gasteiger partial charge < -0.3 is 5.32 Å². The first-order chi connectivity index (χ1) is 11.1. The van der Waals surface area contributed by atoms with E-state index in [0.717, 1.165) is 23.9 Å². The zero-order valence-electron chi connectivity index (χ0n) is 13.7. The predicted molar refractivity (Wildman–Crippen MR) is 90.7 cm³/mol. The zero-order valence-corrected chi connectivity index (χ0v) is 13.7. The molecule has 2 atom stereocenters. The minimum absolute atomic E-state index is 0.129. The van der Waals surface area contributed by atoms with Crippen molar-refractivity contribution in [3.05, 3.63) is 30.5 Å². The Hall–Kier alpha value is -1.92. The summed E-state index contributed by atoms with van der Waals surface area (Å²) in [5.74, 6) is 0.467. The minimum Gasteiger partial charge on any atom is -0.356 e. The molecule has 0 radical (unpaired) electrons. The molecule has 2 aromatic rings. The Morgan fingerprint density at radius 3 is 2.78 bits per heavy atom. The SMILES string of the molecule is CC1NNC(C)C1CC(=O)NCCCn1ncc2ccccc21. The Morgan fingerprint density at radius 2 is 2.00 bits per heavy atom. The zero-order chi connectivity index (χ0) is 16.2. The van der Waals surface area contributed by atoms with Crippen LogP contribution < -0.4 is 16.2 Å². The molecule has 2 unspecified atom stereocenters. The lowest BCUT2D eigenvalue weighted by Gasteiger charge is -2.17. The van der Waals surface area contributed by atoms with Crippen LogP contribution in [0.2, 0.25) is 0 Å². The second kappa shape index (κ2) is 7.10. The highest BCUT2D eigenvalue weighted by Gasteiger charge is 2.31. The topological polar surface area (TPSA) is 71.0 Å². The van der Waals surface area contributed by atoms with E-state index in [1.54, 1.807) is 0 Å². The molecule has 1 aromatic heterocycles. The van der Waals surface area contributed by atoms with E-state index in [-0.39, 0.29) is 5.91 Å². The minimum atomic E-state index is 0.129. The Morgan fingerprint density at radius 1 is 1.26 bits per heavy atom.